The minimum atomic E-state index is -0.0233. The smallest absolute Gasteiger partial charge is 0.243 e. The van der Waals surface area contributed by atoms with Gasteiger partial charge in [0.05, 0.1) is 19.8 Å². The van der Waals surface area contributed by atoms with E-state index in [0.29, 0.717) is 32.4 Å². The molecule has 0 radical (unpaired) electrons. The third-order valence-electron chi connectivity index (χ3n) is 3.71. The lowest BCUT2D eigenvalue weighted by Crippen LogP contribution is -2.40. The molecular formula is C20H35IN4O3S. The first kappa shape index (κ1) is 28.0. The van der Waals surface area contributed by atoms with Gasteiger partial charge in [0.15, 0.2) is 5.96 Å². The zero-order valence-electron chi connectivity index (χ0n) is 17.7. The van der Waals surface area contributed by atoms with Gasteiger partial charge in [0.1, 0.15) is 6.54 Å². The highest BCUT2D eigenvalue weighted by atomic mass is 127. The van der Waals surface area contributed by atoms with Crippen molar-refractivity contribution in [3.8, 4) is 0 Å². The number of hydrogen-bond donors (Lipinski definition) is 2. The number of ether oxygens (including phenoxy) is 2. The number of hydrogen-bond acceptors (Lipinski definition) is 5. The van der Waals surface area contributed by atoms with Gasteiger partial charge in [-0.15, -0.1) is 24.0 Å². The summed E-state index contributed by atoms with van der Waals surface area (Å²) in [6.07, 6.45) is 2.91. The molecule has 1 aromatic rings. The summed E-state index contributed by atoms with van der Waals surface area (Å²) in [6.45, 7) is 4.09. The van der Waals surface area contributed by atoms with Crippen LogP contribution in [0.4, 0.5) is 0 Å². The number of carbonyl (C=O) groups excluding carboxylic acids is 1. The van der Waals surface area contributed by atoms with Gasteiger partial charge in [-0.25, -0.2) is 4.99 Å². The Bertz CT molecular complexity index is 562. The Hall–Kier alpha value is -1.04. The number of benzene rings is 1. The maximum absolute atomic E-state index is 11.7. The van der Waals surface area contributed by atoms with Crippen LogP contribution in [-0.2, 0) is 20.9 Å². The highest BCUT2D eigenvalue weighted by molar-refractivity contribution is 14.0. The van der Waals surface area contributed by atoms with Crippen molar-refractivity contribution in [3.63, 3.8) is 0 Å². The highest BCUT2D eigenvalue weighted by Gasteiger charge is 2.04. The number of amides is 1. The molecule has 1 amide bonds. The van der Waals surface area contributed by atoms with Gasteiger partial charge in [-0.2, -0.15) is 11.8 Å². The summed E-state index contributed by atoms with van der Waals surface area (Å²) in [5.41, 5.74) is 1.17. The minimum Gasteiger partial charge on any atom is -0.379 e. The summed E-state index contributed by atoms with van der Waals surface area (Å²) in [4.78, 5) is 17.6. The van der Waals surface area contributed by atoms with Crippen molar-refractivity contribution in [1.29, 1.82) is 0 Å². The van der Waals surface area contributed by atoms with E-state index in [-0.39, 0.29) is 36.4 Å². The Balaban J connectivity index is 0.00000784. The number of guanidine groups is 1. The summed E-state index contributed by atoms with van der Waals surface area (Å²) in [6, 6.07) is 10.1. The van der Waals surface area contributed by atoms with Crippen LogP contribution in [0.3, 0.4) is 0 Å². The number of nitrogens with one attached hydrogen (secondary N) is 2. The van der Waals surface area contributed by atoms with E-state index in [2.05, 4.69) is 21.9 Å². The standard InChI is InChI=1S/C20H34N4O3S.HI/c1-24(2)19(25)16-23-20(22-11-15-28-3)21-10-7-12-26-13-14-27-17-18-8-5-4-6-9-18;/h4-6,8-9H,7,10-17H2,1-3H3,(H2,21,22,23);1H. The molecule has 0 unspecified atom stereocenters. The molecule has 9 heteroatoms. The van der Waals surface area contributed by atoms with E-state index in [0.717, 1.165) is 25.3 Å². The molecule has 0 bridgehead atoms. The first-order valence-corrected chi connectivity index (χ1v) is 10.9. The molecule has 166 valence electrons. The first-order chi connectivity index (χ1) is 13.6. The summed E-state index contributed by atoms with van der Waals surface area (Å²) in [5.74, 6) is 1.62. The van der Waals surface area contributed by atoms with Crippen molar-refractivity contribution in [3.05, 3.63) is 35.9 Å². The van der Waals surface area contributed by atoms with Crippen molar-refractivity contribution in [2.24, 2.45) is 4.99 Å². The van der Waals surface area contributed by atoms with Crippen LogP contribution in [0.2, 0.25) is 0 Å². The summed E-state index contributed by atoms with van der Waals surface area (Å²) < 4.78 is 11.2. The SMILES string of the molecule is CSCCNC(=NCC(=O)N(C)C)NCCCOCCOCc1ccccc1.I. The van der Waals surface area contributed by atoms with Gasteiger partial charge < -0.3 is 25.0 Å². The van der Waals surface area contributed by atoms with Gasteiger partial charge in [-0.3, -0.25) is 4.79 Å². The average Bonchev–Trinajstić information content (AvgIpc) is 2.70. The molecular weight excluding hydrogens is 503 g/mol. The number of halogens is 1. The predicted molar refractivity (Wildman–Crippen MR) is 132 cm³/mol. The number of carbonyl (C=O) groups is 1. The molecule has 0 spiro atoms. The Morgan fingerprint density at radius 1 is 1.07 bits per heavy atom. The second kappa shape index (κ2) is 19.0. The molecule has 0 fully saturated rings. The molecule has 0 saturated heterocycles. The molecule has 2 N–H and O–H groups in total. The van der Waals surface area contributed by atoms with Crippen LogP contribution in [0.5, 0.6) is 0 Å². The molecule has 0 atom stereocenters. The van der Waals surface area contributed by atoms with E-state index in [1.165, 1.54) is 10.5 Å². The fourth-order valence-corrected chi connectivity index (χ4v) is 2.41. The predicted octanol–water partition coefficient (Wildman–Crippen LogP) is 2.21. The molecule has 0 heterocycles. The maximum atomic E-state index is 11.7. The lowest BCUT2D eigenvalue weighted by molar-refractivity contribution is -0.127. The fourth-order valence-electron chi connectivity index (χ4n) is 2.10. The van der Waals surface area contributed by atoms with Crippen LogP contribution < -0.4 is 10.6 Å². The third-order valence-corrected chi connectivity index (χ3v) is 4.32. The second-order valence-electron chi connectivity index (χ2n) is 6.30. The molecule has 1 aromatic carbocycles. The van der Waals surface area contributed by atoms with Crippen LogP contribution in [0, 0.1) is 0 Å². The molecule has 0 aliphatic carbocycles. The van der Waals surface area contributed by atoms with Crippen LogP contribution in [-0.4, -0.2) is 82.3 Å². The molecule has 0 aliphatic heterocycles. The summed E-state index contributed by atoms with van der Waals surface area (Å²) in [5, 5.41) is 6.48. The lowest BCUT2D eigenvalue weighted by atomic mass is 10.2. The normalized spacial score (nSPS) is 10.9. The Labute approximate surface area is 196 Å². The van der Waals surface area contributed by atoms with E-state index in [1.807, 2.05) is 30.3 Å². The van der Waals surface area contributed by atoms with Crippen LogP contribution in [0.15, 0.2) is 35.3 Å². The van der Waals surface area contributed by atoms with Gasteiger partial charge in [0.2, 0.25) is 5.91 Å². The molecule has 0 saturated carbocycles. The third kappa shape index (κ3) is 15.5. The van der Waals surface area contributed by atoms with Crippen molar-refractivity contribution < 1.29 is 14.3 Å². The van der Waals surface area contributed by atoms with Gasteiger partial charge in [0.25, 0.3) is 0 Å². The van der Waals surface area contributed by atoms with Crippen molar-refractivity contribution in [1.82, 2.24) is 15.5 Å². The number of thioether (sulfide) groups is 1. The van der Waals surface area contributed by atoms with E-state index >= 15 is 0 Å². The Kier molecular flexibility index (Phi) is 18.3. The van der Waals surface area contributed by atoms with Crippen LogP contribution in [0.1, 0.15) is 12.0 Å². The minimum absolute atomic E-state index is 0. The van der Waals surface area contributed by atoms with E-state index in [4.69, 9.17) is 9.47 Å². The summed E-state index contributed by atoms with van der Waals surface area (Å²) >= 11 is 1.76. The molecule has 29 heavy (non-hydrogen) atoms. The average molecular weight is 538 g/mol. The van der Waals surface area contributed by atoms with Crippen molar-refractivity contribution in [2.75, 3.05) is 65.6 Å². The zero-order valence-corrected chi connectivity index (χ0v) is 20.8. The number of rotatable bonds is 14. The van der Waals surface area contributed by atoms with E-state index < -0.39 is 0 Å². The monoisotopic (exact) mass is 538 g/mol. The molecule has 1 rings (SSSR count). The van der Waals surface area contributed by atoms with Gasteiger partial charge in [0, 0.05) is 39.5 Å². The first-order valence-electron chi connectivity index (χ1n) is 9.54. The quantitative estimate of drug-likeness (QED) is 0.164. The number of nitrogens with zero attached hydrogens (tertiary/aromatic N) is 2. The maximum Gasteiger partial charge on any atom is 0.243 e. The van der Waals surface area contributed by atoms with Crippen LogP contribution >= 0.6 is 35.7 Å². The second-order valence-corrected chi connectivity index (χ2v) is 7.29. The van der Waals surface area contributed by atoms with Gasteiger partial charge >= 0.3 is 0 Å². The Morgan fingerprint density at radius 2 is 1.76 bits per heavy atom. The van der Waals surface area contributed by atoms with E-state index in [1.54, 1.807) is 25.9 Å². The Morgan fingerprint density at radius 3 is 2.45 bits per heavy atom. The topological polar surface area (TPSA) is 75.2 Å². The lowest BCUT2D eigenvalue weighted by Gasteiger charge is -2.13. The molecule has 0 aliphatic rings. The highest BCUT2D eigenvalue weighted by Crippen LogP contribution is 2.00. The van der Waals surface area contributed by atoms with Crippen molar-refractivity contribution in [2.45, 2.75) is 13.0 Å². The van der Waals surface area contributed by atoms with Crippen molar-refractivity contribution >= 4 is 47.6 Å². The van der Waals surface area contributed by atoms with Crippen LogP contribution in [0.25, 0.3) is 0 Å². The fraction of sp³-hybridized carbons (Fsp3) is 0.600. The molecule has 0 aromatic heterocycles. The van der Waals surface area contributed by atoms with Gasteiger partial charge in [-0.1, -0.05) is 30.3 Å². The largest absolute Gasteiger partial charge is 0.379 e. The number of likely N-dealkylation sites (N-methyl/N-ethyl adjacent to an activating group) is 1. The van der Waals surface area contributed by atoms with E-state index in [9.17, 15) is 4.79 Å². The van der Waals surface area contributed by atoms with Gasteiger partial charge in [-0.05, 0) is 18.2 Å². The number of aliphatic imine (C=N–C) groups is 1. The zero-order chi connectivity index (χ0) is 20.5. The summed E-state index contributed by atoms with van der Waals surface area (Å²) in [7, 11) is 3.46. The molecule has 7 nitrogen and oxygen atoms in total.